The molecule has 37 heavy (non-hydrogen) atoms. The molecule has 2 heterocycles. The molecular weight excluding hydrogens is 500 g/mol. The van der Waals surface area contributed by atoms with Crippen molar-refractivity contribution >= 4 is 34.2 Å². The minimum absolute atomic E-state index is 0.0727. The van der Waals surface area contributed by atoms with Gasteiger partial charge in [-0.05, 0) is 49.1 Å². The first kappa shape index (κ1) is 24.5. The summed E-state index contributed by atoms with van der Waals surface area (Å²) in [6.07, 6.45) is -4.11. The van der Waals surface area contributed by atoms with E-state index in [1.165, 1.54) is 34.7 Å². The number of halogens is 4. The summed E-state index contributed by atoms with van der Waals surface area (Å²) < 4.78 is 57.1. The Kier molecular flexibility index (Phi) is 5.80. The summed E-state index contributed by atoms with van der Waals surface area (Å²) in [7, 11) is 0. The summed E-state index contributed by atoms with van der Waals surface area (Å²) in [6.45, 7) is 1.01. The van der Waals surface area contributed by atoms with Gasteiger partial charge in [-0.25, -0.2) is 4.39 Å². The monoisotopic (exact) mass is 520 g/mol. The van der Waals surface area contributed by atoms with E-state index in [-0.39, 0.29) is 35.7 Å². The molecule has 9 nitrogen and oxygen atoms in total. The Balaban J connectivity index is 1.36. The molecule has 0 spiro atoms. The lowest BCUT2D eigenvalue weighted by Gasteiger charge is -2.27. The van der Waals surface area contributed by atoms with Crippen molar-refractivity contribution in [2.75, 3.05) is 5.32 Å². The Bertz CT molecular complexity index is 1440. The van der Waals surface area contributed by atoms with E-state index in [2.05, 4.69) is 15.2 Å². The minimum atomic E-state index is -5.11. The molecule has 5 rings (SSSR count). The molecular formula is C24H20F4N4O5. The van der Waals surface area contributed by atoms with Crippen molar-refractivity contribution in [3.8, 4) is 11.5 Å². The average Bonchev–Trinajstić information content (AvgIpc) is 3.32. The number of rotatable bonds is 6. The Morgan fingerprint density at radius 1 is 1.19 bits per heavy atom. The number of carbonyl (C=O) groups is 3. The molecule has 2 aromatic carbocycles. The molecule has 0 bridgehead atoms. The number of anilines is 1. The van der Waals surface area contributed by atoms with Crippen molar-refractivity contribution in [3.63, 3.8) is 0 Å². The Morgan fingerprint density at radius 2 is 1.95 bits per heavy atom. The zero-order valence-corrected chi connectivity index (χ0v) is 19.3. The van der Waals surface area contributed by atoms with Crippen molar-refractivity contribution in [1.29, 1.82) is 0 Å². The van der Waals surface area contributed by atoms with Gasteiger partial charge in [-0.1, -0.05) is 6.07 Å². The van der Waals surface area contributed by atoms with Gasteiger partial charge >= 0.3 is 6.36 Å². The van der Waals surface area contributed by atoms with Crippen molar-refractivity contribution in [2.24, 2.45) is 5.92 Å². The van der Waals surface area contributed by atoms with Crippen LogP contribution in [-0.2, 0) is 16.1 Å². The number of piperidine rings is 1. The summed E-state index contributed by atoms with van der Waals surface area (Å²) in [5.41, 5.74) is 0.00583. The van der Waals surface area contributed by atoms with Crippen molar-refractivity contribution in [1.82, 2.24) is 14.7 Å². The van der Waals surface area contributed by atoms with E-state index < -0.39 is 41.5 Å². The maximum absolute atomic E-state index is 14.5. The van der Waals surface area contributed by atoms with Gasteiger partial charge in [0.2, 0.25) is 11.8 Å². The maximum Gasteiger partial charge on any atom is 0.573 e. The molecule has 1 aromatic heterocycles. The van der Waals surface area contributed by atoms with E-state index in [1.807, 2.05) is 0 Å². The van der Waals surface area contributed by atoms with Gasteiger partial charge in [-0.3, -0.25) is 19.1 Å². The van der Waals surface area contributed by atoms with Crippen LogP contribution < -0.4 is 10.1 Å². The number of hydrogen-bond donors (Lipinski definition) is 2. The number of nitrogens with zero attached hydrogens (tertiary/aromatic N) is 3. The number of aromatic hydroxyl groups is 1. The summed E-state index contributed by atoms with van der Waals surface area (Å²) in [5.74, 6) is -4.06. The van der Waals surface area contributed by atoms with Gasteiger partial charge in [-0.2, -0.15) is 5.10 Å². The van der Waals surface area contributed by atoms with Crippen molar-refractivity contribution in [2.45, 2.75) is 44.8 Å². The fourth-order valence-electron chi connectivity index (χ4n) is 4.83. The molecule has 1 aliphatic heterocycles. The van der Waals surface area contributed by atoms with Crippen LogP contribution in [0.2, 0.25) is 0 Å². The van der Waals surface area contributed by atoms with Gasteiger partial charge in [0.25, 0.3) is 0 Å². The van der Waals surface area contributed by atoms with Crippen LogP contribution in [-0.4, -0.2) is 55.8 Å². The Hall–Kier alpha value is -4.16. The van der Waals surface area contributed by atoms with E-state index in [9.17, 15) is 37.1 Å². The van der Waals surface area contributed by atoms with Crippen molar-refractivity contribution < 1.29 is 41.8 Å². The largest absolute Gasteiger partial charge is 0.573 e. The fraction of sp³-hybridized carbons (Fsp3) is 0.333. The third-order valence-corrected chi connectivity index (χ3v) is 6.49. The van der Waals surface area contributed by atoms with E-state index in [0.717, 1.165) is 18.2 Å². The number of amides is 2. The normalized spacial score (nSPS) is 20.6. The standard InChI is InChI=1S/C24H20F4N4O5/c1-11(33)22-14-9-13(34)5-6-16(14)31(30-22)10-20(35)32-17-7-12(17)8-18(32)23(36)29-15-3-2-4-19(21(15)25)37-24(26,27)28/h2-6,9,12,17-18,34H,7-8,10H2,1H3,(H,29,36)/t12-,17-,18+/m1/s1. The molecule has 3 atom stereocenters. The number of alkyl halides is 3. The number of ketones is 1. The van der Waals surface area contributed by atoms with E-state index in [0.29, 0.717) is 23.7 Å². The van der Waals surface area contributed by atoms with Gasteiger partial charge in [0.1, 0.15) is 24.0 Å². The summed E-state index contributed by atoms with van der Waals surface area (Å²) in [4.78, 5) is 39.7. The van der Waals surface area contributed by atoms with Crippen LogP contribution in [0, 0.1) is 11.7 Å². The van der Waals surface area contributed by atoms with Gasteiger partial charge in [0.05, 0.1) is 11.2 Å². The van der Waals surface area contributed by atoms with Gasteiger partial charge in [-0.15, -0.1) is 13.2 Å². The second kappa shape index (κ2) is 8.75. The second-order valence-electron chi connectivity index (χ2n) is 9.03. The SMILES string of the molecule is CC(=O)c1nn(CC(=O)N2[C@@H]3C[C@@H]3C[C@H]2C(=O)Nc2cccc(OC(F)(F)F)c2F)c2ccc(O)cc12. The first-order valence-electron chi connectivity index (χ1n) is 11.3. The smallest absolute Gasteiger partial charge is 0.508 e. The van der Waals surface area contributed by atoms with Gasteiger partial charge in [0.15, 0.2) is 17.3 Å². The number of likely N-dealkylation sites (tertiary alicyclic amines) is 1. The number of aromatic nitrogens is 2. The number of nitrogens with one attached hydrogen (secondary N) is 1. The molecule has 0 unspecified atom stereocenters. The molecule has 2 fully saturated rings. The predicted octanol–water partition coefficient (Wildman–Crippen LogP) is 3.61. The van der Waals surface area contributed by atoms with Gasteiger partial charge in [0, 0.05) is 18.4 Å². The summed E-state index contributed by atoms with van der Waals surface area (Å²) in [6, 6.07) is 6.08. The fourth-order valence-corrected chi connectivity index (χ4v) is 4.83. The summed E-state index contributed by atoms with van der Waals surface area (Å²) in [5, 5.41) is 16.7. The number of phenols is 1. The van der Waals surface area contributed by atoms with Crippen LogP contribution >= 0.6 is 0 Å². The topological polar surface area (TPSA) is 114 Å². The highest BCUT2D eigenvalue weighted by Crippen LogP contribution is 2.48. The number of carbonyl (C=O) groups excluding carboxylic acids is 3. The average molecular weight is 520 g/mol. The third-order valence-electron chi connectivity index (χ3n) is 6.49. The van der Waals surface area contributed by atoms with Crippen LogP contribution in [0.4, 0.5) is 23.2 Å². The Labute approximate surface area is 206 Å². The first-order chi connectivity index (χ1) is 17.4. The number of benzene rings is 2. The molecule has 13 heteroatoms. The molecule has 1 aliphatic carbocycles. The molecule has 2 aliphatic rings. The summed E-state index contributed by atoms with van der Waals surface area (Å²) >= 11 is 0. The molecule has 2 N–H and O–H groups in total. The number of ether oxygens (including phenoxy) is 1. The Morgan fingerprint density at radius 3 is 2.65 bits per heavy atom. The second-order valence-corrected chi connectivity index (χ2v) is 9.03. The van der Waals surface area contributed by atoms with Crippen LogP contribution in [0.1, 0.15) is 30.3 Å². The third kappa shape index (κ3) is 4.68. The van der Waals surface area contributed by atoms with Crippen LogP contribution in [0.15, 0.2) is 36.4 Å². The van der Waals surface area contributed by atoms with Gasteiger partial charge < -0.3 is 20.1 Å². The number of phenolic OH excluding ortho intramolecular Hbond substituents is 1. The maximum atomic E-state index is 14.5. The predicted molar refractivity (Wildman–Crippen MR) is 120 cm³/mol. The molecule has 194 valence electrons. The molecule has 2 amide bonds. The van der Waals surface area contributed by atoms with Crippen LogP contribution in [0.5, 0.6) is 11.5 Å². The highest BCUT2D eigenvalue weighted by atomic mass is 19.4. The number of Topliss-reactive ketones (excluding diaryl/α,β-unsaturated/α-hetero) is 1. The molecule has 1 saturated carbocycles. The van der Waals surface area contributed by atoms with E-state index >= 15 is 0 Å². The zero-order valence-electron chi connectivity index (χ0n) is 19.3. The molecule has 0 radical (unpaired) electrons. The van der Waals surface area contributed by atoms with E-state index in [1.54, 1.807) is 0 Å². The van der Waals surface area contributed by atoms with Crippen LogP contribution in [0.25, 0.3) is 10.9 Å². The lowest BCUT2D eigenvalue weighted by atomic mass is 10.1. The first-order valence-corrected chi connectivity index (χ1v) is 11.3. The van der Waals surface area contributed by atoms with Crippen molar-refractivity contribution in [3.05, 3.63) is 47.9 Å². The van der Waals surface area contributed by atoms with Crippen LogP contribution in [0.3, 0.4) is 0 Å². The zero-order chi connectivity index (χ0) is 26.6. The highest BCUT2D eigenvalue weighted by Gasteiger charge is 2.56. The lowest BCUT2D eigenvalue weighted by Crippen LogP contribution is -2.46. The quantitative estimate of drug-likeness (QED) is 0.379. The molecule has 3 aromatic rings. The molecule has 1 saturated heterocycles. The minimum Gasteiger partial charge on any atom is -0.508 e. The number of hydrogen-bond acceptors (Lipinski definition) is 6. The van der Waals surface area contributed by atoms with E-state index in [4.69, 9.17) is 0 Å². The highest BCUT2D eigenvalue weighted by molar-refractivity contribution is 6.05. The number of fused-ring (bicyclic) bond motifs is 2. The lowest BCUT2D eigenvalue weighted by molar-refractivity contribution is -0.275.